The van der Waals surface area contributed by atoms with Gasteiger partial charge in [-0.2, -0.15) is 5.10 Å². The van der Waals surface area contributed by atoms with E-state index >= 15 is 0 Å². The van der Waals surface area contributed by atoms with Crippen molar-refractivity contribution in [1.29, 1.82) is 0 Å². The highest BCUT2D eigenvalue weighted by atomic mass is 16.2. The molecule has 0 fully saturated rings. The normalized spacial score (nSPS) is 12.7. The Kier molecular flexibility index (Phi) is 5.45. The molecule has 7 nitrogen and oxygen atoms in total. The van der Waals surface area contributed by atoms with Crippen molar-refractivity contribution in [2.45, 2.75) is 26.3 Å². The summed E-state index contributed by atoms with van der Waals surface area (Å²) in [6.07, 6.45) is 0.843. The van der Waals surface area contributed by atoms with Crippen molar-refractivity contribution in [3.05, 3.63) is 100.0 Å². The number of hydrogen-bond acceptors (Lipinski definition) is 4. The van der Waals surface area contributed by atoms with Crippen LogP contribution >= 0.6 is 0 Å². The second kappa shape index (κ2) is 8.59. The van der Waals surface area contributed by atoms with Gasteiger partial charge in [-0.25, -0.2) is 4.68 Å². The van der Waals surface area contributed by atoms with E-state index in [4.69, 9.17) is 0 Å². The number of rotatable bonds is 4. The summed E-state index contributed by atoms with van der Waals surface area (Å²) in [7, 11) is 0. The number of anilines is 2. The summed E-state index contributed by atoms with van der Waals surface area (Å²) in [6.45, 7) is 4.35. The van der Waals surface area contributed by atoms with E-state index in [1.165, 1.54) is 10.2 Å². The standard InChI is InChI=1S/C27H24N4O3/c1-17(2)31-27(34)22-9-5-4-8-21(22)24(29-31)25(32)28-20-13-11-19(12-14-20)26(33)30-16-15-18-7-3-6-10-23(18)30/h3-14,17H,15-16H2,1-2H3,(H,28,32). The number of nitrogens with zero attached hydrogens (tertiary/aromatic N) is 3. The largest absolute Gasteiger partial charge is 0.321 e. The number of benzene rings is 3. The molecular weight excluding hydrogens is 428 g/mol. The number of aromatic nitrogens is 2. The van der Waals surface area contributed by atoms with Crippen molar-refractivity contribution in [3.8, 4) is 0 Å². The average Bonchev–Trinajstić information content (AvgIpc) is 3.28. The highest BCUT2D eigenvalue weighted by molar-refractivity contribution is 6.11. The lowest BCUT2D eigenvalue weighted by Gasteiger charge is -2.17. The van der Waals surface area contributed by atoms with Crippen molar-refractivity contribution in [3.63, 3.8) is 0 Å². The van der Waals surface area contributed by atoms with Crippen molar-refractivity contribution < 1.29 is 9.59 Å². The van der Waals surface area contributed by atoms with Gasteiger partial charge in [0, 0.05) is 28.9 Å². The Hall–Kier alpha value is -4.26. The van der Waals surface area contributed by atoms with Crippen LogP contribution in [0.1, 0.15) is 46.3 Å². The molecule has 0 unspecified atom stereocenters. The molecule has 2 heterocycles. The lowest BCUT2D eigenvalue weighted by Crippen LogP contribution is -2.29. The van der Waals surface area contributed by atoms with E-state index in [1.807, 2.05) is 38.1 Å². The van der Waals surface area contributed by atoms with E-state index in [0.29, 0.717) is 28.6 Å². The van der Waals surface area contributed by atoms with Crippen molar-refractivity contribution in [2.24, 2.45) is 0 Å². The lowest BCUT2D eigenvalue weighted by molar-refractivity contribution is 0.0988. The minimum absolute atomic E-state index is 0.0699. The van der Waals surface area contributed by atoms with Crippen LogP contribution in [0.2, 0.25) is 0 Å². The van der Waals surface area contributed by atoms with Gasteiger partial charge in [0.25, 0.3) is 17.4 Å². The summed E-state index contributed by atoms with van der Waals surface area (Å²) in [5.41, 5.74) is 3.15. The Morgan fingerprint density at radius 1 is 0.912 bits per heavy atom. The van der Waals surface area contributed by atoms with Crippen molar-refractivity contribution in [1.82, 2.24) is 9.78 Å². The topological polar surface area (TPSA) is 84.3 Å². The Bertz CT molecular complexity index is 1470. The first-order valence-electron chi connectivity index (χ1n) is 11.3. The zero-order chi connectivity index (χ0) is 23.8. The summed E-state index contributed by atoms with van der Waals surface area (Å²) in [4.78, 5) is 40.7. The molecule has 0 bridgehead atoms. The fourth-order valence-electron chi connectivity index (χ4n) is 4.32. The molecule has 7 heteroatoms. The molecule has 34 heavy (non-hydrogen) atoms. The van der Waals surface area contributed by atoms with Gasteiger partial charge in [0.05, 0.1) is 11.4 Å². The number of nitrogens with one attached hydrogen (secondary N) is 1. The average molecular weight is 453 g/mol. The third-order valence-corrected chi connectivity index (χ3v) is 6.05. The molecule has 0 radical (unpaired) electrons. The number of para-hydroxylation sites is 1. The van der Waals surface area contributed by atoms with E-state index in [2.05, 4.69) is 10.4 Å². The maximum atomic E-state index is 13.1. The molecule has 0 atom stereocenters. The predicted molar refractivity (Wildman–Crippen MR) is 133 cm³/mol. The Morgan fingerprint density at radius 3 is 2.32 bits per heavy atom. The molecule has 4 aromatic rings. The Labute approximate surface area is 196 Å². The molecule has 1 N–H and O–H groups in total. The van der Waals surface area contributed by atoms with Crippen LogP contribution in [0.3, 0.4) is 0 Å². The van der Waals surface area contributed by atoms with E-state index in [-0.39, 0.29) is 23.2 Å². The maximum Gasteiger partial charge on any atom is 0.276 e. The first-order chi connectivity index (χ1) is 16.4. The smallest absolute Gasteiger partial charge is 0.276 e. The van der Waals surface area contributed by atoms with E-state index in [1.54, 1.807) is 53.4 Å². The molecule has 0 aliphatic carbocycles. The summed E-state index contributed by atoms with van der Waals surface area (Å²) in [5, 5.41) is 8.14. The number of amides is 2. The van der Waals surface area contributed by atoms with Crippen LogP contribution in [0.5, 0.6) is 0 Å². The molecule has 5 rings (SSSR count). The van der Waals surface area contributed by atoms with Crippen LogP contribution in [-0.2, 0) is 6.42 Å². The lowest BCUT2D eigenvalue weighted by atomic mass is 10.1. The van der Waals surface area contributed by atoms with Gasteiger partial charge in [-0.3, -0.25) is 14.4 Å². The van der Waals surface area contributed by atoms with E-state index in [9.17, 15) is 14.4 Å². The first kappa shape index (κ1) is 21.6. The first-order valence-corrected chi connectivity index (χ1v) is 11.3. The summed E-state index contributed by atoms with van der Waals surface area (Å²) in [5.74, 6) is -0.488. The highest BCUT2D eigenvalue weighted by Crippen LogP contribution is 2.29. The van der Waals surface area contributed by atoms with Crippen molar-refractivity contribution >= 4 is 34.0 Å². The zero-order valence-electron chi connectivity index (χ0n) is 19.0. The van der Waals surface area contributed by atoms with Crippen LogP contribution in [0, 0.1) is 0 Å². The maximum absolute atomic E-state index is 13.1. The van der Waals surface area contributed by atoms with E-state index < -0.39 is 5.91 Å². The molecule has 0 saturated heterocycles. The van der Waals surface area contributed by atoms with Crippen LogP contribution in [0.25, 0.3) is 10.8 Å². The second-order valence-corrected chi connectivity index (χ2v) is 8.60. The molecule has 3 aromatic carbocycles. The fourth-order valence-corrected chi connectivity index (χ4v) is 4.32. The third-order valence-electron chi connectivity index (χ3n) is 6.05. The van der Waals surface area contributed by atoms with Crippen molar-refractivity contribution in [2.75, 3.05) is 16.8 Å². The van der Waals surface area contributed by atoms with Gasteiger partial charge in [-0.05, 0) is 62.2 Å². The van der Waals surface area contributed by atoms with E-state index in [0.717, 1.165) is 12.1 Å². The van der Waals surface area contributed by atoms with Gasteiger partial charge in [-0.1, -0.05) is 36.4 Å². The van der Waals surface area contributed by atoms with Gasteiger partial charge in [0.2, 0.25) is 0 Å². The zero-order valence-corrected chi connectivity index (χ0v) is 19.0. The fraction of sp³-hybridized carbons (Fsp3) is 0.185. The van der Waals surface area contributed by atoms with Gasteiger partial charge in [0.1, 0.15) is 0 Å². The highest BCUT2D eigenvalue weighted by Gasteiger charge is 2.25. The molecule has 1 aliphatic heterocycles. The minimum Gasteiger partial charge on any atom is -0.321 e. The van der Waals surface area contributed by atoms with Gasteiger partial charge in [-0.15, -0.1) is 0 Å². The number of carbonyl (C=O) groups excluding carboxylic acids is 2. The molecule has 0 saturated carbocycles. The predicted octanol–water partition coefficient (Wildman–Crippen LogP) is 4.43. The summed E-state index contributed by atoms with van der Waals surface area (Å²) in [6, 6.07) is 21.5. The Balaban J connectivity index is 1.40. The van der Waals surface area contributed by atoms with Gasteiger partial charge in [0.15, 0.2) is 5.69 Å². The second-order valence-electron chi connectivity index (χ2n) is 8.60. The van der Waals surface area contributed by atoms with Gasteiger partial charge < -0.3 is 10.2 Å². The molecule has 0 spiro atoms. The molecule has 1 aromatic heterocycles. The molecule has 170 valence electrons. The molecule has 1 aliphatic rings. The Morgan fingerprint density at radius 2 is 1.59 bits per heavy atom. The summed E-state index contributed by atoms with van der Waals surface area (Å²) < 4.78 is 1.33. The number of carbonyl (C=O) groups is 2. The summed E-state index contributed by atoms with van der Waals surface area (Å²) >= 11 is 0. The minimum atomic E-state index is -0.418. The van der Waals surface area contributed by atoms with Crippen LogP contribution in [0.15, 0.2) is 77.6 Å². The van der Waals surface area contributed by atoms with Gasteiger partial charge >= 0.3 is 0 Å². The molecule has 2 amide bonds. The number of hydrogen-bond donors (Lipinski definition) is 1. The van der Waals surface area contributed by atoms with Crippen LogP contribution in [-0.4, -0.2) is 28.1 Å². The quantitative estimate of drug-likeness (QED) is 0.496. The van der Waals surface area contributed by atoms with Crippen LogP contribution < -0.4 is 15.8 Å². The monoisotopic (exact) mass is 452 g/mol. The third kappa shape index (κ3) is 3.75. The number of fused-ring (bicyclic) bond motifs is 2. The SMILES string of the molecule is CC(C)n1nc(C(=O)Nc2ccc(C(=O)N3CCc4ccccc43)cc2)c2ccccc2c1=O. The molecular formula is C27H24N4O3. The van der Waals surface area contributed by atoms with Crippen LogP contribution in [0.4, 0.5) is 11.4 Å².